The number of fused-ring (bicyclic) bond motifs is 1. The van der Waals surface area contributed by atoms with Crippen LogP contribution in [0.1, 0.15) is 24.4 Å². The summed E-state index contributed by atoms with van der Waals surface area (Å²) >= 11 is 3.10. The van der Waals surface area contributed by atoms with Crippen LogP contribution in [0.25, 0.3) is 17.0 Å². The molecule has 0 saturated heterocycles. The lowest BCUT2D eigenvalue weighted by atomic mass is 10.2. The number of benzene rings is 1. The van der Waals surface area contributed by atoms with E-state index in [1.807, 2.05) is 0 Å². The Bertz CT molecular complexity index is 1130. The van der Waals surface area contributed by atoms with Crippen LogP contribution >= 0.6 is 15.9 Å². The first-order valence-corrected chi connectivity index (χ1v) is 8.73. The van der Waals surface area contributed by atoms with Crippen molar-refractivity contribution >= 4 is 33.0 Å². The van der Waals surface area contributed by atoms with E-state index in [9.17, 15) is 13.2 Å². The van der Waals surface area contributed by atoms with Gasteiger partial charge in [-0.15, -0.1) is 0 Å². The number of aromatic nitrogens is 6. The van der Waals surface area contributed by atoms with Gasteiger partial charge in [0.05, 0.1) is 16.1 Å². The molecule has 1 N–H and O–H groups in total. The van der Waals surface area contributed by atoms with Crippen molar-refractivity contribution in [1.29, 1.82) is 0 Å². The summed E-state index contributed by atoms with van der Waals surface area (Å²) in [5, 5.41) is 7.07. The van der Waals surface area contributed by atoms with Crippen molar-refractivity contribution in [2.24, 2.45) is 0 Å². The van der Waals surface area contributed by atoms with Crippen LogP contribution in [0, 0.1) is 0 Å². The molecular weight excluding hydrogens is 443 g/mol. The van der Waals surface area contributed by atoms with Gasteiger partial charge < -0.3 is 9.73 Å². The van der Waals surface area contributed by atoms with E-state index >= 15 is 0 Å². The summed E-state index contributed by atoms with van der Waals surface area (Å²) < 4.78 is 46.1. The van der Waals surface area contributed by atoms with Crippen LogP contribution < -0.4 is 5.32 Å². The zero-order valence-electron chi connectivity index (χ0n) is 14.1. The Kier molecular flexibility index (Phi) is 4.49. The first kappa shape index (κ1) is 18.3. The molecule has 12 heteroatoms. The molecule has 1 aromatic carbocycles. The van der Waals surface area contributed by atoms with Crippen molar-refractivity contribution in [1.82, 2.24) is 29.7 Å². The van der Waals surface area contributed by atoms with Crippen molar-refractivity contribution in [3.63, 3.8) is 0 Å². The fraction of sp³-hybridized carbons (Fsp3) is 0.188. The van der Waals surface area contributed by atoms with Gasteiger partial charge in [-0.25, -0.2) is 15.0 Å². The molecule has 8 nitrogen and oxygen atoms in total. The standard InChI is InChI=1S/C16H11BrF3N7O/c1-8(13-23-7-24-27(13)14-21-3-2-4-22-14)25-15-26-11-6-9(16(18,19)20)5-10(17)12(11)28-15/h2-8H,1H3,(H,25,26)/t8-/m0/s1. The number of hydrogen-bond donors (Lipinski definition) is 1. The highest BCUT2D eigenvalue weighted by Gasteiger charge is 2.32. The average Bonchev–Trinajstić information content (AvgIpc) is 3.28. The van der Waals surface area contributed by atoms with Crippen molar-refractivity contribution < 1.29 is 17.6 Å². The Balaban J connectivity index is 1.64. The Morgan fingerprint density at radius 3 is 2.64 bits per heavy atom. The van der Waals surface area contributed by atoms with Gasteiger partial charge in [-0.1, -0.05) is 0 Å². The molecule has 3 aromatic heterocycles. The summed E-state index contributed by atoms with van der Waals surface area (Å²) in [6.45, 7) is 1.77. The second-order valence-corrected chi connectivity index (χ2v) is 6.62. The number of nitrogens with zero attached hydrogens (tertiary/aromatic N) is 6. The van der Waals surface area contributed by atoms with Crippen molar-refractivity contribution in [2.45, 2.75) is 19.1 Å². The highest BCUT2D eigenvalue weighted by atomic mass is 79.9. The van der Waals surface area contributed by atoms with E-state index in [1.165, 1.54) is 11.0 Å². The minimum Gasteiger partial charge on any atom is -0.422 e. The van der Waals surface area contributed by atoms with Gasteiger partial charge in [0.25, 0.3) is 12.0 Å². The summed E-state index contributed by atoms with van der Waals surface area (Å²) in [5.41, 5.74) is -0.541. The van der Waals surface area contributed by atoms with Crippen LogP contribution in [0.4, 0.5) is 19.2 Å². The van der Waals surface area contributed by atoms with Crippen LogP contribution in [-0.4, -0.2) is 29.7 Å². The van der Waals surface area contributed by atoms with Crippen molar-refractivity contribution in [3.05, 3.63) is 52.8 Å². The molecule has 0 fully saturated rings. The lowest BCUT2D eigenvalue weighted by Crippen LogP contribution is -2.15. The van der Waals surface area contributed by atoms with Crippen molar-refractivity contribution in [2.75, 3.05) is 5.32 Å². The van der Waals surface area contributed by atoms with Gasteiger partial charge in [0.15, 0.2) is 11.4 Å². The quantitative estimate of drug-likeness (QED) is 0.495. The molecule has 0 aliphatic rings. The second kappa shape index (κ2) is 6.86. The van der Waals surface area contributed by atoms with E-state index in [-0.39, 0.29) is 21.6 Å². The smallest absolute Gasteiger partial charge is 0.416 e. The highest BCUT2D eigenvalue weighted by molar-refractivity contribution is 9.10. The molecule has 0 radical (unpaired) electrons. The first-order chi connectivity index (χ1) is 13.3. The molecule has 0 aliphatic heterocycles. The van der Waals surface area contributed by atoms with E-state index < -0.39 is 17.8 Å². The third-order valence-electron chi connectivity index (χ3n) is 3.82. The van der Waals surface area contributed by atoms with E-state index in [0.717, 1.165) is 12.1 Å². The normalized spacial score (nSPS) is 13.0. The maximum Gasteiger partial charge on any atom is 0.416 e. The fourth-order valence-electron chi connectivity index (χ4n) is 2.57. The molecule has 0 bridgehead atoms. The summed E-state index contributed by atoms with van der Waals surface area (Å²) in [7, 11) is 0. The van der Waals surface area contributed by atoms with Crippen LogP contribution in [0.3, 0.4) is 0 Å². The van der Waals surface area contributed by atoms with Crippen LogP contribution in [0.15, 0.2) is 45.8 Å². The van der Waals surface area contributed by atoms with Crippen LogP contribution in [-0.2, 0) is 6.18 Å². The first-order valence-electron chi connectivity index (χ1n) is 7.94. The number of hydrogen-bond acceptors (Lipinski definition) is 7. The molecule has 0 spiro atoms. The summed E-state index contributed by atoms with van der Waals surface area (Å²) in [4.78, 5) is 16.5. The Morgan fingerprint density at radius 2 is 1.93 bits per heavy atom. The zero-order chi connectivity index (χ0) is 19.9. The average molecular weight is 454 g/mol. The largest absolute Gasteiger partial charge is 0.422 e. The van der Waals surface area contributed by atoms with E-state index in [1.54, 1.807) is 25.4 Å². The maximum atomic E-state index is 13.0. The van der Waals surface area contributed by atoms with Gasteiger partial charge in [-0.2, -0.15) is 27.9 Å². The zero-order valence-corrected chi connectivity index (χ0v) is 15.7. The molecule has 4 aromatic rings. The number of halogens is 4. The monoisotopic (exact) mass is 453 g/mol. The molecule has 0 unspecified atom stereocenters. The van der Waals surface area contributed by atoms with E-state index in [2.05, 4.69) is 46.3 Å². The fourth-order valence-corrected chi connectivity index (χ4v) is 3.10. The number of rotatable bonds is 4. The molecule has 0 saturated carbocycles. The predicted molar refractivity (Wildman–Crippen MR) is 95.7 cm³/mol. The van der Waals surface area contributed by atoms with E-state index in [4.69, 9.17) is 4.42 Å². The van der Waals surface area contributed by atoms with Crippen LogP contribution in [0.2, 0.25) is 0 Å². The van der Waals surface area contributed by atoms with Crippen LogP contribution in [0.5, 0.6) is 0 Å². The number of oxazole rings is 1. The minimum absolute atomic E-state index is 0.0473. The van der Waals surface area contributed by atoms with Gasteiger partial charge in [-0.3, -0.25) is 0 Å². The van der Waals surface area contributed by atoms with Gasteiger partial charge in [0.2, 0.25) is 0 Å². The molecular formula is C16H11BrF3N7O. The van der Waals surface area contributed by atoms with Gasteiger partial charge in [0.1, 0.15) is 11.8 Å². The topological polar surface area (TPSA) is 94.6 Å². The molecule has 4 rings (SSSR count). The maximum absolute atomic E-state index is 13.0. The Labute approximate surface area is 164 Å². The molecule has 0 aliphatic carbocycles. The van der Waals surface area contributed by atoms with Gasteiger partial charge in [-0.05, 0) is 41.1 Å². The summed E-state index contributed by atoms with van der Waals surface area (Å²) in [5.74, 6) is 0.808. The summed E-state index contributed by atoms with van der Waals surface area (Å²) in [6, 6.07) is 3.16. The number of nitrogens with one attached hydrogen (secondary N) is 1. The number of anilines is 1. The van der Waals surface area contributed by atoms with Crippen molar-refractivity contribution in [3.8, 4) is 5.95 Å². The summed E-state index contributed by atoms with van der Waals surface area (Å²) in [6.07, 6.45) is 0.00961. The lowest BCUT2D eigenvalue weighted by molar-refractivity contribution is -0.137. The predicted octanol–water partition coefficient (Wildman–Crippen LogP) is 4.15. The molecule has 0 amide bonds. The molecule has 3 heterocycles. The molecule has 28 heavy (non-hydrogen) atoms. The molecule has 144 valence electrons. The Hall–Kier alpha value is -3.02. The highest BCUT2D eigenvalue weighted by Crippen LogP contribution is 2.36. The Morgan fingerprint density at radius 1 is 1.18 bits per heavy atom. The van der Waals surface area contributed by atoms with E-state index in [0.29, 0.717) is 11.8 Å². The van der Waals surface area contributed by atoms with Gasteiger partial charge in [0, 0.05) is 12.4 Å². The lowest BCUT2D eigenvalue weighted by Gasteiger charge is -2.11. The minimum atomic E-state index is -4.48. The SMILES string of the molecule is C[C@H](Nc1nc2cc(C(F)(F)F)cc(Br)c2o1)c1ncnn1-c1ncccn1. The third kappa shape index (κ3) is 3.42. The van der Waals surface area contributed by atoms with Gasteiger partial charge >= 0.3 is 6.18 Å². The number of alkyl halides is 3. The third-order valence-corrected chi connectivity index (χ3v) is 4.40. The molecule has 1 atom stereocenters. The second-order valence-electron chi connectivity index (χ2n) is 5.77.